The van der Waals surface area contributed by atoms with Gasteiger partial charge in [0, 0.05) is 12.1 Å². The Morgan fingerprint density at radius 2 is 2.10 bits per heavy atom. The Hall–Kier alpha value is -0.0800. The molecule has 58 valence electrons. The van der Waals surface area contributed by atoms with Crippen LogP contribution in [0.5, 0.6) is 0 Å². The molecule has 0 aromatic rings. The summed E-state index contributed by atoms with van der Waals surface area (Å²) in [5.41, 5.74) is 0. The van der Waals surface area contributed by atoms with Crippen molar-refractivity contribution < 1.29 is 5.11 Å². The lowest BCUT2D eigenvalue weighted by Crippen LogP contribution is -2.41. The van der Waals surface area contributed by atoms with E-state index in [4.69, 9.17) is 0 Å². The molecule has 0 aliphatic carbocycles. The molecule has 2 heteroatoms. The SMILES string of the molecule is CC1CC2C[C@H](O)CC1N2. The van der Waals surface area contributed by atoms with Crippen LogP contribution in [0.15, 0.2) is 0 Å². The first kappa shape index (κ1) is 6.62. The summed E-state index contributed by atoms with van der Waals surface area (Å²) in [5.74, 6) is 0.780. The first-order valence-corrected chi connectivity index (χ1v) is 4.20. The molecule has 4 atom stereocenters. The second kappa shape index (κ2) is 2.21. The number of nitrogens with one attached hydrogen (secondary N) is 1. The molecule has 2 aliphatic rings. The van der Waals surface area contributed by atoms with Crippen LogP contribution in [0.25, 0.3) is 0 Å². The maximum Gasteiger partial charge on any atom is 0.0570 e. The third-order valence-corrected chi connectivity index (χ3v) is 2.88. The number of rotatable bonds is 0. The van der Waals surface area contributed by atoms with Gasteiger partial charge in [0.2, 0.25) is 0 Å². The van der Waals surface area contributed by atoms with Crippen molar-refractivity contribution in [2.24, 2.45) is 5.92 Å². The van der Waals surface area contributed by atoms with Crippen LogP contribution in [0.1, 0.15) is 26.2 Å². The molecule has 2 rings (SSSR count). The van der Waals surface area contributed by atoms with Gasteiger partial charge in [0.15, 0.2) is 0 Å². The van der Waals surface area contributed by atoms with Crippen molar-refractivity contribution in [1.82, 2.24) is 5.32 Å². The second-order valence-electron chi connectivity index (χ2n) is 3.81. The van der Waals surface area contributed by atoms with E-state index < -0.39 is 0 Å². The summed E-state index contributed by atoms with van der Waals surface area (Å²) >= 11 is 0. The Kier molecular flexibility index (Phi) is 1.46. The Morgan fingerprint density at radius 1 is 1.30 bits per heavy atom. The van der Waals surface area contributed by atoms with Crippen molar-refractivity contribution in [3.05, 3.63) is 0 Å². The zero-order chi connectivity index (χ0) is 7.14. The summed E-state index contributed by atoms with van der Waals surface area (Å²) < 4.78 is 0. The van der Waals surface area contributed by atoms with Crippen molar-refractivity contribution >= 4 is 0 Å². The van der Waals surface area contributed by atoms with Crippen LogP contribution in [0, 0.1) is 5.92 Å². The van der Waals surface area contributed by atoms with E-state index in [1.807, 2.05) is 0 Å². The van der Waals surface area contributed by atoms with Crippen molar-refractivity contribution in [2.75, 3.05) is 0 Å². The predicted molar refractivity (Wildman–Crippen MR) is 39.7 cm³/mol. The number of aliphatic hydroxyl groups excluding tert-OH is 1. The smallest absolute Gasteiger partial charge is 0.0570 e. The Bertz CT molecular complexity index is 132. The van der Waals surface area contributed by atoms with Crippen LogP contribution < -0.4 is 5.32 Å². The van der Waals surface area contributed by atoms with Crippen LogP contribution >= 0.6 is 0 Å². The van der Waals surface area contributed by atoms with Gasteiger partial charge < -0.3 is 10.4 Å². The Labute approximate surface area is 61.6 Å². The normalized spacial score (nSPS) is 53.4. The molecule has 0 aromatic heterocycles. The van der Waals surface area contributed by atoms with Gasteiger partial charge in [-0.1, -0.05) is 6.92 Å². The fraction of sp³-hybridized carbons (Fsp3) is 1.00. The third-order valence-electron chi connectivity index (χ3n) is 2.88. The van der Waals surface area contributed by atoms with Gasteiger partial charge in [0.25, 0.3) is 0 Å². The summed E-state index contributed by atoms with van der Waals surface area (Å²) in [6.45, 7) is 2.27. The summed E-state index contributed by atoms with van der Waals surface area (Å²) in [4.78, 5) is 0. The molecule has 2 fully saturated rings. The molecule has 2 N–H and O–H groups in total. The fourth-order valence-corrected chi connectivity index (χ4v) is 2.33. The van der Waals surface area contributed by atoms with E-state index in [1.54, 1.807) is 0 Å². The van der Waals surface area contributed by atoms with E-state index in [-0.39, 0.29) is 6.10 Å². The summed E-state index contributed by atoms with van der Waals surface area (Å²) in [5, 5.41) is 12.9. The Balaban J connectivity index is 2.06. The van der Waals surface area contributed by atoms with E-state index in [2.05, 4.69) is 12.2 Å². The third kappa shape index (κ3) is 0.956. The molecule has 0 radical (unpaired) electrons. The zero-order valence-electron chi connectivity index (χ0n) is 6.38. The fourth-order valence-electron chi connectivity index (χ4n) is 2.33. The van der Waals surface area contributed by atoms with E-state index in [9.17, 15) is 5.11 Å². The molecule has 3 unspecified atom stereocenters. The monoisotopic (exact) mass is 141 g/mol. The van der Waals surface area contributed by atoms with Gasteiger partial charge in [-0.25, -0.2) is 0 Å². The average Bonchev–Trinajstić information content (AvgIpc) is 2.07. The molecular weight excluding hydrogens is 126 g/mol. The molecule has 2 nitrogen and oxygen atoms in total. The van der Waals surface area contributed by atoms with Gasteiger partial charge in [-0.2, -0.15) is 0 Å². The van der Waals surface area contributed by atoms with Gasteiger partial charge in [-0.3, -0.25) is 0 Å². The minimum absolute atomic E-state index is 0.0267. The quantitative estimate of drug-likeness (QED) is 0.515. The van der Waals surface area contributed by atoms with Crippen LogP contribution in [0.4, 0.5) is 0 Å². The average molecular weight is 141 g/mol. The van der Waals surface area contributed by atoms with Gasteiger partial charge in [0.05, 0.1) is 6.10 Å². The molecule has 0 amide bonds. The van der Waals surface area contributed by atoms with Gasteiger partial charge in [-0.05, 0) is 25.2 Å². The summed E-state index contributed by atoms with van der Waals surface area (Å²) in [6, 6.07) is 1.22. The van der Waals surface area contributed by atoms with Gasteiger partial charge in [0.1, 0.15) is 0 Å². The van der Waals surface area contributed by atoms with Gasteiger partial charge in [-0.15, -0.1) is 0 Å². The molecule has 0 aromatic carbocycles. The molecule has 2 heterocycles. The number of fused-ring (bicyclic) bond motifs is 2. The highest BCUT2D eigenvalue weighted by molar-refractivity contribution is 4.95. The highest BCUT2D eigenvalue weighted by atomic mass is 16.3. The largest absolute Gasteiger partial charge is 0.393 e. The highest BCUT2D eigenvalue weighted by Crippen LogP contribution is 2.31. The van der Waals surface area contributed by atoms with Crippen LogP contribution in [-0.4, -0.2) is 23.3 Å². The first-order valence-electron chi connectivity index (χ1n) is 4.20. The van der Waals surface area contributed by atoms with E-state index in [0.29, 0.717) is 12.1 Å². The number of hydrogen-bond donors (Lipinski definition) is 2. The van der Waals surface area contributed by atoms with Crippen LogP contribution in [0.3, 0.4) is 0 Å². The molecule has 2 saturated heterocycles. The lowest BCUT2D eigenvalue weighted by atomic mass is 10.00. The zero-order valence-corrected chi connectivity index (χ0v) is 6.38. The minimum Gasteiger partial charge on any atom is -0.393 e. The topological polar surface area (TPSA) is 32.3 Å². The molecule has 0 spiro atoms. The van der Waals surface area contributed by atoms with Gasteiger partial charge >= 0.3 is 0 Å². The molecular formula is C8H15NO. The van der Waals surface area contributed by atoms with Crippen LogP contribution in [-0.2, 0) is 0 Å². The summed E-state index contributed by atoms with van der Waals surface area (Å²) in [7, 11) is 0. The lowest BCUT2D eigenvalue weighted by Gasteiger charge is -2.26. The van der Waals surface area contributed by atoms with E-state index in [1.165, 1.54) is 6.42 Å². The van der Waals surface area contributed by atoms with E-state index in [0.717, 1.165) is 18.8 Å². The number of hydrogen-bond acceptors (Lipinski definition) is 2. The molecule has 10 heavy (non-hydrogen) atoms. The maximum absolute atomic E-state index is 9.37. The Morgan fingerprint density at radius 3 is 2.80 bits per heavy atom. The van der Waals surface area contributed by atoms with E-state index >= 15 is 0 Å². The van der Waals surface area contributed by atoms with Crippen molar-refractivity contribution in [3.63, 3.8) is 0 Å². The van der Waals surface area contributed by atoms with Crippen molar-refractivity contribution in [1.29, 1.82) is 0 Å². The predicted octanol–water partition coefficient (Wildman–Crippen LogP) is 0.508. The molecule has 0 saturated carbocycles. The standard InChI is InChI=1S/C8H15NO/c1-5-2-6-3-7(10)4-8(5)9-6/h5-10H,2-4H2,1H3/t5?,6?,7-,8?/m0/s1. The second-order valence-corrected chi connectivity index (χ2v) is 3.81. The summed E-state index contributed by atoms with van der Waals surface area (Å²) in [6.07, 6.45) is 3.18. The number of aliphatic hydroxyl groups is 1. The van der Waals surface area contributed by atoms with Crippen molar-refractivity contribution in [2.45, 2.75) is 44.4 Å². The lowest BCUT2D eigenvalue weighted by molar-refractivity contribution is 0.111. The minimum atomic E-state index is -0.0267. The van der Waals surface area contributed by atoms with Crippen LogP contribution in [0.2, 0.25) is 0 Å². The number of piperidine rings is 1. The molecule has 2 aliphatic heterocycles. The molecule has 2 bridgehead atoms. The maximum atomic E-state index is 9.37. The highest BCUT2D eigenvalue weighted by Gasteiger charge is 2.37. The van der Waals surface area contributed by atoms with Crippen molar-refractivity contribution in [3.8, 4) is 0 Å². The first-order chi connectivity index (χ1) is 4.75.